The first-order valence-electron chi connectivity index (χ1n) is 4.54. The van der Waals surface area contributed by atoms with Gasteiger partial charge in [0.2, 0.25) is 5.89 Å². The van der Waals surface area contributed by atoms with Gasteiger partial charge in [-0.3, -0.25) is 0 Å². The molecule has 0 radical (unpaired) electrons. The SMILES string of the molecule is COC(=O)c1coc(-c2ccc(O)cc2)n1. The van der Waals surface area contributed by atoms with E-state index in [1.54, 1.807) is 12.1 Å². The molecule has 1 N–H and O–H groups in total. The number of aromatic nitrogens is 1. The van der Waals surface area contributed by atoms with E-state index in [1.807, 2.05) is 0 Å². The number of carbonyl (C=O) groups is 1. The van der Waals surface area contributed by atoms with Crippen LogP contribution in [0.2, 0.25) is 0 Å². The molecule has 0 aliphatic carbocycles. The molecule has 82 valence electrons. The summed E-state index contributed by atoms with van der Waals surface area (Å²) in [5.74, 6) is -0.0855. The Labute approximate surface area is 91.3 Å². The zero-order chi connectivity index (χ0) is 11.5. The lowest BCUT2D eigenvalue weighted by Crippen LogP contribution is -2.00. The summed E-state index contributed by atoms with van der Waals surface area (Å²) in [6.45, 7) is 0. The zero-order valence-electron chi connectivity index (χ0n) is 8.51. The Bertz CT molecular complexity index is 501. The van der Waals surface area contributed by atoms with E-state index < -0.39 is 5.97 Å². The summed E-state index contributed by atoms with van der Waals surface area (Å²) in [6.07, 6.45) is 1.23. The smallest absolute Gasteiger partial charge is 0.360 e. The molecule has 1 aromatic heterocycles. The molecule has 0 saturated heterocycles. The summed E-state index contributed by atoms with van der Waals surface area (Å²) in [6, 6.07) is 6.30. The third kappa shape index (κ3) is 1.88. The van der Waals surface area contributed by atoms with Crippen LogP contribution in [-0.4, -0.2) is 23.2 Å². The van der Waals surface area contributed by atoms with E-state index >= 15 is 0 Å². The second-order valence-electron chi connectivity index (χ2n) is 3.08. The van der Waals surface area contributed by atoms with Crippen molar-refractivity contribution in [1.29, 1.82) is 0 Å². The van der Waals surface area contributed by atoms with Gasteiger partial charge < -0.3 is 14.3 Å². The zero-order valence-corrected chi connectivity index (χ0v) is 8.51. The molecule has 16 heavy (non-hydrogen) atoms. The van der Waals surface area contributed by atoms with E-state index in [2.05, 4.69) is 9.72 Å². The second-order valence-corrected chi connectivity index (χ2v) is 3.08. The number of hydrogen-bond donors (Lipinski definition) is 1. The van der Waals surface area contributed by atoms with Gasteiger partial charge in [0.25, 0.3) is 0 Å². The average Bonchev–Trinajstić information content (AvgIpc) is 2.78. The average molecular weight is 219 g/mol. The molecule has 0 spiro atoms. The van der Waals surface area contributed by atoms with E-state index in [1.165, 1.54) is 25.5 Å². The molecule has 0 aliphatic heterocycles. The molecule has 0 atom stereocenters. The number of phenolic OH excluding ortho intramolecular Hbond substituents is 1. The van der Waals surface area contributed by atoms with Gasteiger partial charge in [0, 0.05) is 5.56 Å². The Balaban J connectivity index is 2.31. The number of phenols is 1. The Morgan fingerprint density at radius 3 is 2.69 bits per heavy atom. The van der Waals surface area contributed by atoms with Gasteiger partial charge in [-0.05, 0) is 24.3 Å². The number of benzene rings is 1. The number of oxazole rings is 1. The number of ether oxygens (including phenoxy) is 1. The molecule has 5 nitrogen and oxygen atoms in total. The molecule has 0 amide bonds. The van der Waals surface area contributed by atoms with Gasteiger partial charge in [-0.1, -0.05) is 0 Å². The lowest BCUT2D eigenvalue weighted by atomic mass is 10.2. The molecule has 0 aliphatic rings. The quantitative estimate of drug-likeness (QED) is 0.780. The first-order chi connectivity index (χ1) is 7.70. The normalized spacial score (nSPS) is 10.1. The molecule has 1 aromatic carbocycles. The van der Waals surface area contributed by atoms with Crippen molar-refractivity contribution in [3.63, 3.8) is 0 Å². The molecule has 5 heteroatoms. The third-order valence-corrected chi connectivity index (χ3v) is 2.01. The largest absolute Gasteiger partial charge is 0.508 e. The number of carbonyl (C=O) groups excluding carboxylic acids is 1. The van der Waals surface area contributed by atoms with Gasteiger partial charge in [-0.2, -0.15) is 0 Å². The maximum atomic E-state index is 11.1. The van der Waals surface area contributed by atoms with Crippen LogP contribution in [0.15, 0.2) is 34.9 Å². The van der Waals surface area contributed by atoms with Gasteiger partial charge >= 0.3 is 5.97 Å². The van der Waals surface area contributed by atoms with E-state index in [-0.39, 0.29) is 11.4 Å². The van der Waals surface area contributed by atoms with Crippen molar-refractivity contribution in [3.8, 4) is 17.2 Å². The van der Waals surface area contributed by atoms with E-state index in [9.17, 15) is 4.79 Å². The number of nitrogens with zero attached hydrogens (tertiary/aromatic N) is 1. The second kappa shape index (κ2) is 4.06. The predicted octanol–water partition coefficient (Wildman–Crippen LogP) is 1.83. The molecular weight excluding hydrogens is 210 g/mol. The van der Waals surface area contributed by atoms with Crippen LogP contribution < -0.4 is 0 Å². The van der Waals surface area contributed by atoms with Gasteiger partial charge in [-0.25, -0.2) is 9.78 Å². The summed E-state index contributed by atoms with van der Waals surface area (Å²) in [5.41, 5.74) is 0.790. The third-order valence-electron chi connectivity index (χ3n) is 2.01. The van der Waals surface area contributed by atoms with Crippen LogP contribution in [0.5, 0.6) is 5.75 Å². The van der Waals surface area contributed by atoms with Crippen LogP contribution in [0.3, 0.4) is 0 Å². The number of aromatic hydroxyl groups is 1. The molecule has 2 aromatic rings. The fourth-order valence-corrected chi connectivity index (χ4v) is 1.21. The highest BCUT2D eigenvalue weighted by Crippen LogP contribution is 2.21. The van der Waals surface area contributed by atoms with Gasteiger partial charge in [-0.15, -0.1) is 0 Å². The number of hydrogen-bond acceptors (Lipinski definition) is 5. The van der Waals surface area contributed by atoms with E-state index in [4.69, 9.17) is 9.52 Å². The van der Waals surface area contributed by atoms with E-state index in [0.717, 1.165) is 0 Å². The molecule has 1 heterocycles. The number of methoxy groups -OCH3 is 1. The minimum atomic E-state index is -0.547. The first kappa shape index (κ1) is 10.2. The monoisotopic (exact) mass is 219 g/mol. The summed E-state index contributed by atoms with van der Waals surface area (Å²) in [5, 5.41) is 9.11. The maximum absolute atomic E-state index is 11.1. The summed E-state index contributed by atoms with van der Waals surface area (Å²) in [7, 11) is 1.28. The van der Waals surface area contributed by atoms with Crippen LogP contribution in [0, 0.1) is 0 Å². The summed E-state index contributed by atoms with van der Waals surface area (Å²) in [4.78, 5) is 15.1. The highest BCUT2D eigenvalue weighted by molar-refractivity contribution is 5.87. The van der Waals surface area contributed by atoms with Gasteiger partial charge in [0.05, 0.1) is 7.11 Å². The molecule has 0 fully saturated rings. The van der Waals surface area contributed by atoms with Gasteiger partial charge in [0.1, 0.15) is 12.0 Å². The minimum absolute atomic E-state index is 0.116. The molecule has 0 bridgehead atoms. The van der Waals surface area contributed by atoms with Crippen LogP contribution in [0.4, 0.5) is 0 Å². The topological polar surface area (TPSA) is 72.6 Å². The highest BCUT2D eigenvalue weighted by Gasteiger charge is 2.13. The van der Waals surface area contributed by atoms with Crippen molar-refractivity contribution in [2.45, 2.75) is 0 Å². The highest BCUT2D eigenvalue weighted by atomic mass is 16.5. The Kier molecular flexibility index (Phi) is 2.59. The van der Waals surface area contributed by atoms with Crippen molar-refractivity contribution in [3.05, 3.63) is 36.2 Å². The molecular formula is C11H9NO4. The first-order valence-corrected chi connectivity index (χ1v) is 4.54. The lowest BCUT2D eigenvalue weighted by molar-refractivity contribution is 0.0594. The van der Waals surface area contributed by atoms with Crippen molar-refractivity contribution >= 4 is 5.97 Å². The Morgan fingerprint density at radius 2 is 2.06 bits per heavy atom. The van der Waals surface area contributed by atoms with Crippen LogP contribution in [0.1, 0.15) is 10.5 Å². The predicted molar refractivity (Wildman–Crippen MR) is 54.9 cm³/mol. The molecule has 0 saturated carbocycles. The van der Waals surface area contributed by atoms with Crippen molar-refractivity contribution < 1.29 is 19.1 Å². The molecule has 2 rings (SSSR count). The van der Waals surface area contributed by atoms with Crippen LogP contribution >= 0.6 is 0 Å². The van der Waals surface area contributed by atoms with Gasteiger partial charge in [0.15, 0.2) is 5.69 Å². The number of rotatable bonds is 2. The van der Waals surface area contributed by atoms with Crippen molar-refractivity contribution in [1.82, 2.24) is 4.98 Å². The van der Waals surface area contributed by atoms with Crippen LogP contribution in [-0.2, 0) is 4.74 Å². The minimum Gasteiger partial charge on any atom is -0.508 e. The molecule has 0 unspecified atom stereocenters. The van der Waals surface area contributed by atoms with Crippen LogP contribution in [0.25, 0.3) is 11.5 Å². The fourth-order valence-electron chi connectivity index (χ4n) is 1.21. The fraction of sp³-hybridized carbons (Fsp3) is 0.0909. The Morgan fingerprint density at radius 1 is 1.38 bits per heavy atom. The van der Waals surface area contributed by atoms with Crippen molar-refractivity contribution in [2.75, 3.05) is 7.11 Å². The Hall–Kier alpha value is -2.30. The van der Waals surface area contributed by atoms with Crippen molar-refractivity contribution in [2.24, 2.45) is 0 Å². The summed E-state index contributed by atoms with van der Waals surface area (Å²) < 4.78 is 9.62. The lowest BCUT2D eigenvalue weighted by Gasteiger charge is -1.94. The summed E-state index contributed by atoms with van der Waals surface area (Å²) >= 11 is 0. The van der Waals surface area contributed by atoms with E-state index in [0.29, 0.717) is 11.5 Å². The number of esters is 1. The maximum Gasteiger partial charge on any atom is 0.360 e. The standard InChI is InChI=1S/C11H9NO4/c1-15-11(14)9-6-16-10(12-9)7-2-4-8(13)5-3-7/h2-6,13H,1H3.